The third-order valence-corrected chi connectivity index (χ3v) is 1.96. The van der Waals surface area contributed by atoms with Crippen molar-refractivity contribution < 1.29 is 9.47 Å². The lowest BCUT2D eigenvalue weighted by atomic mass is 10.1. The summed E-state index contributed by atoms with van der Waals surface area (Å²) < 4.78 is 10.5. The maximum Gasteiger partial charge on any atom is 0.0859 e. The van der Waals surface area contributed by atoms with Crippen LogP contribution in [0, 0.1) is 5.92 Å². The highest BCUT2D eigenvalue weighted by Gasteiger charge is 2.33. The number of fused-ring (bicyclic) bond motifs is 1. The van der Waals surface area contributed by atoms with Crippen LogP contribution in [0.5, 0.6) is 0 Å². The summed E-state index contributed by atoms with van der Waals surface area (Å²) in [5.74, 6) is 0.731. The molecule has 0 aromatic rings. The van der Waals surface area contributed by atoms with Crippen molar-refractivity contribution in [3.8, 4) is 0 Å². The van der Waals surface area contributed by atoms with Crippen LogP contribution in [0.3, 0.4) is 0 Å². The molecule has 0 aromatic carbocycles. The number of hydrogen-bond donors (Lipinski definition) is 0. The summed E-state index contributed by atoms with van der Waals surface area (Å²) in [6.45, 7) is 2.73. The van der Waals surface area contributed by atoms with Crippen LogP contribution in [0.2, 0.25) is 0 Å². The average Bonchev–Trinajstić information content (AvgIpc) is 2.15. The van der Waals surface area contributed by atoms with Gasteiger partial charge >= 0.3 is 0 Å². The van der Waals surface area contributed by atoms with E-state index in [9.17, 15) is 0 Å². The van der Waals surface area contributed by atoms with Crippen LogP contribution in [-0.4, -0.2) is 25.9 Å². The molecule has 0 saturated carbocycles. The fourth-order valence-corrected chi connectivity index (χ4v) is 1.40. The van der Waals surface area contributed by atoms with E-state index in [1.54, 1.807) is 0 Å². The van der Waals surface area contributed by atoms with Gasteiger partial charge in [-0.3, -0.25) is 0 Å². The van der Waals surface area contributed by atoms with Crippen LogP contribution < -0.4 is 0 Å². The molecule has 0 aromatic heterocycles. The zero-order chi connectivity index (χ0) is 5.40. The standard InChI is InChI=1S/C6H10O2/c1-2-8-6-4-7-3-5(1)6/h5-6H,1-4H2/t5-,6+/m1/s1. The predicted octanol–water partition coefficient (Wildman–Crippen LogP) is 0.422. The largest absolute Gasteiger partial charge is 0.378 e. The van der Waals surface area contributed by atoms with Crippen LogP contribution in [-0.2, 0) is 9.47 Å². The van der Waals surface area contributed by atoms with E-state index in [4.69, 9.17) is 9.47 Å². The van der Waals surface area contributed by atoms with Crippen LogP contribution in [0.1, 0.15) is 6.42 Å². The minimum Gasteiger partial charge on any atom is -0.378 e. The summed E-state index contributed by atoms with van der Waals surface area (Å²) in [7, 11) is 0. The lowest BCUT2D eigenvalue weighted by Gasteiger charge is -2.01. The molecule has 0 aliphatic carbocycles. The Morgan fingerprint density at radius 2 is 2.25 bits per heavy atom. The van der Waals surface area contributed by atoms with Crippen LogP contribution in [0.15, 0.2) is 0 Å². The molecule has 2 aliphatic heterocycles. The quantitative estimate of drug-likeness (QED) is 0.454. The second-order valence-electron chi connectivity index (χ2n) is 2.50. The van der Waals surface area contributed by atoms with Gasteiger partial charge in [-0.05, 0) is 6.42 Å². The molecule has 46 valence electrons. The predicted molar refractivity (Wildman–Crippen MR) is 28.7 cm³/mol. The Hall–Kier alpha value is -0.0800. The maximum absolute atomic E-state index is 5.35. The first-order valence-electron chi connectivity index (χ1n) is 3.16. The monoisotopic (exact) mass is 114 g/mol. The summed E-state index contributed by atoms with van der Waals surface area (Å²) in [6, 6.07) is 0. The highest BCUT2D eigenvalue weighted by atomic mass is 16.6. The molecule has 0 radical (unpaired) electrons. The Morgan fingerprint density at radius 3 is 3.12 bits per heavy atom. The molecule has 0 N–H and O–H groups in total. The van der Waals surface area contributed by atoms with Gasteiger partial charge in [-0.25, -0.2) is 0 Å². The summed E-state index contributed by atoms with van der Waals surface area (Å²) in [4.78, 5) is 0. The molecule has 2 saturated heterocycles. The summed E-state index contributed by atoms with van der Waals surface area (Å²) in [6.07, 6.45) is 1.67. The van der Waals surface area contributed by atoms with E-state index >= 15 is 0 Å². The Kier molecular flexibility index (Phi) is 1.02. The van der Waals surface area contributed by atoms with Crippen molar-refractivity contribution in [1.29, 1.82) is 0 Å². The van der Waals surface area contributed by atoms with Crippen molar-refractivity contribution in [3.63, 3.8) is 0 Å². The number of ether oxygens (including phenoxy) is 2. The Morgan fingerprint density at radius 1 is 1.25 bits per heavy atom. The molecule has 2 rings (SSSR count). The van der Waals surface area contributed by atoms with Crippen molar-refractivity contribution in [1.82, 2.24) is 0 Å². The van der Waals surface area contributed by atoms with Gasteiger partial charge in [0.1, 0.15) is 0 Å². The van der Waals surface area contributed by atoms with Crippen molar-refractivity contribution in [3.05, 3.63) is 0 Å². The fourth-order valence-electron chi connectivity index (χ4n) is 1.40. The van der Waals surface area contributed by atoms with Crippen molar-refractivity contribution >= 4 is 0 Å². The molecule has 2 heteroatoms. The molecule has 0 amide bonds. The molecule has 2 heterocycles. The van der Waals surface area contributed by atoms with Gasteiger partial charge in [-0.15, -0.1) is 0 Å². The van der Waals surface area contributed by atoms with E-state index in [2.05, 4.69) is 0 Å². The van der Waals surface area contributed by atoms with Gasteiger partial charge in [0.2, 0.25) is 0 Å². The minimum atomic E-state index is 0.454. The Bertz CT molecular complexity index is 72.5. The average molecular weight is 114 g/mol. The second kappa shape index (κ2) is 1.71. The first-order valence-corrected chi connectivity index (χ1v) is 3.16. The first-order chi connectivity index (χ1) is 3.97. The lowest BCUT2D eigenvalue weighted by molar-refractivity contribution is 0.0710. The third-order valence-electron chi connectivity index (χ3n) is 1.96. The summed E-state index contributed by atoms with van der Waals surface area (Å²) >= 11 is 0. The van der Waals surface area contributed by atoms with Crippen LogP contribution in [0.25, 0.3) is 0 Å². The van der Waals surface area contributed by atoms with Gasteiger partial charge < -0.3 is 9.47 Å². The summed E-state index contributed by atoms with van der Waals surface area (Å²) in [5, 5.41) is 0. The van der Waals surface area contributed by atoms with E-state index in [1.165, 1.54) is 6.42 Å². The van der Waals surface area contributed by atoms with Crippen LogP contribution >= 0.6 is 0 Å². The molecule has 8 heavy (non-hydrogen) atoms. The lowest BCUT2D eigenvalue weighted by Crippen LogP contribution is -2.11. The van der Waals surface area contributed by atoms with Gasteiger partial charge in [-0.1, -0.05) is 0 Å². The van der Waals surface area contributed by atoms with Gasteiger partial charge in [0.25, 0.3) is 0 Å². The van der Waals surface area contributed by atoms with Gasteiger partial charge in [0.15, 0.2) is 0 Å². The van der Waals surface area contributed by atoms with Crippen molar-refractivity contribution in [2.24, 2.45) is 5.92 Å². The van der Waals surface area contributed by atoms with Crippen molar-refractivity contribution in [2.45, 2.75) is 12.5 Å². The highest BCUT2D eigenvalue weighted by molar-refractivity contribution is 4.79. The first kappa shape index (κ1) is 4.77. The molecule has 0 unspecified atom stereocenters. The van der Waals surface area contributed by atoms with Gasteiger partial charge in [0.05, 0.1) is 19.3 Å². The topological polar surface area (TPSA) is 18.5 Å². The van der Waals surface area contributed by atoms with Gasteiger partial charge in [-0.2, -0.15) is 0 Å². The molecule has 0 spiro atoms. The molecule has 2 nitrogen and oxygen atoms in total. The molecule has 2 fully saturated rings. The normalized spacial score (nSPS) is 45.0. The Labute approximate surface area is 48.8 Å². The Balaban J connectivity index is 2.04. The zero-order valence-corrected chi connectivity index (χ0v) is 4.80. The fraction of sp³-hybridized carbons (Fsp3) is 1.00. The zero-order valence-electron chi connectivity index (χ0n) is 4.80. The molecule has 2 aliphatic rings. The highest BCUT2D eigenvalue weighted by Crippen LogP contribution is 2.26. The molecule has 0 bridgehead atoms. The van der Waals surface area contributed by atoms with E-state index in [1.807, 2.05) is 0 Å². The number of rotatable bonds is 0. The van der Waals surface area contributed by atoms with E-state index in [0.717, 1.165) is 25.7 Å². The van der Waals surface area contributed by atoms with E-state index in [0.29, 0.717) is 6.10 Å². The number of hydrogen-bond acceptors (Lipinski definition) is 2. The van der Waals surface area contributed by atoms with Crippen molar-refractivity contribution in [2.75, 3.05) is 19.8 Å². The SMILES string of the molecule is C1C[C@@H]2COC[C@@H]2O1. The van der Waals surface area contributed by atoms with Crippen LogP contribution in [0.4, 0.5) is 0 Å². The second-order valence-corrected chi connectivity index (χ2v) is 2.50. The van der Waals surface area contributed by atoms with E-state index in [-0.39, 0.29) is 0 Å². The van der Waals surface area contributed by atoms with E-state index < -0.39 is 0 Å². The van der Waals surface area contributed by atoms with Gasteiger partial charge in [0, 0.05) is 12.5 Å². The summed E-state index contributed by atoms with van der Waals surface area (Å²) in [5.41, 5.74) is 0. The molecular formula is C6H10O2. The minimum absolute atomic E-state index is 0.454. The smallest absolute Gasteiger partial charge is 0.0859 e. The molecular weight excluding hydrogens is 104 g/mol. The maximum atomic E-state index is 5.35. The third kappa shape index (κ3) is 0.565. The molecule has 2 atom stereocenters.